The number of non-ortho nitro benzene ring substituents is 1. The van der Waals surface area contributed by atoms with Gasteiger partial charge in [-0.25, -0.2) is 4.79 Å². The van der Waals surface area contributed by atoms with E-state index >= 15 is 0 Å². The van der Waals surface area contributed by atoms with Gasteiger partial charge >= 0.3 is 6.16 Å². The van der Waals surface area contributed by atoms with Gasteiger partial charge in [0.25, 0.3) is 5.69 Å². The lowest BCUT2D eigenvalue weighted by molar-refractivity contribution is -0.384. The van der Waals surface area contributed by atoms with E-state index in [2.05, 4.69) is 10.6 Å². The van der Waals surface area contributed by atoms with Crippen LogP contribution in [0.1, 0.15) is 33.3 Å². The largest absolute Gasteiger partial charge is 0.514 e. The summed E-state index contributed by atoms with van der Waals surface area (Å²) in [6, 6.07) is 11.8. The van der Waals surface area contributed by atoms with E-state index in [4.69, 9.17) is 9.47 Å². The zero-order chi connectivity index (χ0) is 25.8. The fourth-order valence-corrected chi connectivity index (χ4v) is 3.88. The molecule has 10 nitrogen and oxygen atoms in total. The highest BCUT2D eigenvalue weighted by Crippen LogP contribution is 2.52. The molecule has 1 heterocycles. The summed E-state index contributed by atoms with van der Waals surface area (Å²) in [5, 5.41) is 16.2. The molecule has 1 fully saturated rings. The van der Waals surface area contributed by atoms with Crippen molar-refractivity contribution in [3.8, 4) is 5.75 Å². The molecule has 0 spiro atoms. The maximum absolute atomic E-state index is 12.7. The maximum atomic E-state index is 12.7. The van der Waals surface area contributed by atoms with E-state index in [0.29, 0.717) is 11.3 Å². The second kappa shape index (κ2) is 10.8. The molecule has 0 bridgehead atoms. The maximum Gasteiger partial charge on any atom is 0.514 e. The van der Waals surface area contributed by atoms with Gasteiger partial charge < -0.3 is 20.1 Å². The van der Waals surface area contributed by atoms with Crippen molar-refractivity contribution in [2.24, 2.45) is 11.8 Å². The second-order valence-electron chi connectivity index (χ2n) is 8.69. The number of nitro benzene ring substituents is 1. The van der Waals surface area contributed by atoms with Gasteiger partial charge in [-0.05, 0) is 42.7 Å². The molecule has 1 aliphatic rings. The summed E-state index contributed by atoms with van der Waals surface area (Å²) in [4.78, 5) is 46.9. The van der Waals surface area contributed by atoms with Crippen LogP contribution in [0.15, 0.2) is 48.5 Å². The Labute approximate surface area is 206 Å². The van der Waals surface area contributed by atoms with Crippen molar-refractivity contribution in [3.05, 3.63) is 64.2 Å². The van der Waals surface area contributed by atoms with Crippen molar-refractivity contribution in [2.45, 2.75) is 44.4 Å². The molecule has 1 aliphatic heterocycles. The van der Waals surface area contributed by atoms with Crippen LogP contribution in [0.25, 0.3) is 0 Å². The van der Waals surface area contributed by atoms with E-state index in [1.807, 2.05) is 20.8 Å². The van der Waals surface area contributed by atoms with E-state index in [9.17, 15) is 24.5 Å². The van der Waals surface area contributed by atoms with Crippen LogP contribution in [0.4, 0.5) is 16.2 Å². The first-order valence-corrected chi connectivity index (χ1v) is 11.8. The van der Waals surface area contributed by atoms with Crippen molar-refractivity contribution in [1.29, 1.82) is 0 Å². The molecule has 2 aromatic rings. The number of amides is 2. The Morgan fingerprint density at radius 3 is 2.29 bits per heavy atom. The zero-order valence-corrected chi connectivity index (χ0v) is 20.6. The van der Waals surface area contributed by atoms with Crippen LogP contribution in [-0.2, 0) is 20.9 Å². The van der Waals surface area contributed by atoms with Crippen LogP contribution in [0.2, 0.25) is 0 Å². The molecular weight excluding hydrogens is 474 g/mol. The smallest absolute Gasteiger partial charge is 0.429 e. The number of hydrogen-bond donors (Lipinski definition) is 2. The van der Waals surface area contributed by atoms with E-state index in [1.165, 1.54) is 36.0 Å². The first kappa shape index (κ1) is 26.0. The highest BCUT2D eigenvalue weighted by atomic mass is 32.2. The summed E-state index contributed by atoms with van der Waals surface area (Å²) >= 11 is 1.39. The molecule has 0 saturated carbocycles. The van der Waals surface area contributed by atoms with Gasteiger partial charge in [0.15, 0.2) is 0 Å². The second-order valence-corrected chi connectivity index (χ2v) is 10.2. The first-order valence-electron chi connectivity index (χ1n) is 11.0. The van der Waals surface area contributed by atoms with Gasteiger partial charge in [0, 0.05) is 23.7 Å². The quantitative estimate of drug-likeness (QED) is 0.169. The van der Waals surface area contributed by atoms with Gasteiger partial charge in [-0.2, -0.15) is 0 Å². The molecule has 0 aromatic heterocycles. The summed E-state index contributed by atoms with van der Waals surface area (Å²) in [5.41, 5.74) is 1.12. The Bertz CT molecular complexity index is 1110. The number of carbonyl (C=O) groups excluding carboxylic acids is 3. The summed E-state index contributed by atoms with van der Waals surface area (Å²) in [7, 11) is 0. The van der Waals surface area contributed by atoms with Crippen molar-refractivity contribution in [3.63, 3.8) is 0 Å². The molecule has 1 unspecified atom stereocenters. The normalized spacial score (nSPS) is 19.4. The predicted octanol–water partition coefficient (Wildman–Crippen LogP) is 4.49. The number of thioether (sulfide) groups is 1. The molecule has 0 radical (unpaired) electrons. The van der Waals surface area contributed by atoms with Gasteiger partial charge in [-0.1, -0.05) is 32.9 Å². The van der Waals surface area contributed by atoms with E-state index in [0.717, 1.165) is 0 Å². The fourth-order valence-electron chi connectivity index (χ4n) is 2.96. The van der Waals surface area contributed by atoms with Crippen LogP contribution in [0, 0.1) is 22.0 Å². The summed E-state index contributed by atoms with van der Waals surface area (Å²) in [5.74, 6) is -0.0698. The van der Waals surface area contributed by atoms with Crippen molar-refractivity contribution >= 4 is 41.1 Å². The van der Waals surface area contributed by atoms with Crippen LogP contribution in [-0.4, -0.2) is 33.0 Å². The third-order valence-electron chi connectivity index (χ3n) is 5.76. The van der Waals surface area contributed by atoms with E-state index < -0.39 is 15.8 Å². The van der Waals surface area contributed by atoms with Crippen LogP contribution in [0.5, 0.6) is 5.75 Å². The number of hydrogen-bond acceptors (Lipinski definition) is 8. The lowest BCUT2D eigenvalue weighted by atomic mass is 9.97. The zero-order valence-electron chi connectivity index (χ0n) is 19.8. The Hall–Kier alpha value is -3.60. The standard InChI is InChI=1S/C24H27N3O7S/c1-14(2)15(3)20(28)26-22-24(4,35-22)21(29)25-17-7-5-16(6-8-17)13-33-23(30)34-19-11-9-18(10-12-19)27(31)32/h5-12,14-15,22H,13H2,1-4H3,(H,25,29)(H,26,28)/t15-,22?,24+/m0/s1. The van der Waals surface area contributed by atoms with Gasteiger partial charge in [0.2, 0.25) is 11.8 Å². The third-order valence-corrected chi connectivity index (χ3v) is 7.24. The molecule has 0 aliphatic carbocycles. The molecule has 3 rings (SSSR count). The third kappa shape index (κ3) is 6.72. The van der Waals surface area contributed by atoms with Gasteiger partial charge in [-0.15, -0.1) is 11.8 Å². The molecule has 186 valence electrons. The van der Waals surface area contributed by atoms with Crippen molar-refractivity contribution in [1.82, 2.24) is 5.32 Å². The van der Waals surface area contributed by atoms with Crippen LogP contribution < -0.4 is 15.4 Å². The number of nitro groups is 1. The molecule has 1 saturated heterocycles. The van der Waals surface area contributed by atoms with Crippen LogP contribution in [0.3, 0.4) is 0 Å². The molecule has 2 N–H and O–H groups in total. The highest BCUT2D eigenvalue weighted by molar-refractivity contribution is 8.09. The highest BCUT2D eigenvalue weighted by Gasteiger charge is 2.58. The summed E-state index contributed by atoms with van der Waals surface area (Å²) < 4.78 is 9.30. The molecule has 2 amide bonds. The number of rotatable bonds is 9. The molecular formula is C24H27N3O7S. The minimum absolute atomic E-state index is 0.0598. The Kier molecular flexibility index (Phi) is 8.00. The monoisotopic (exact) mass is 501 g/mol. The Morgan fingerprint density at radius 1 is 1.09 bits per heavy atom. The van der Waals surface area contributed by atoms with Gasteiger partial charge in [0.1, 0.15) is 17.1 Å². The Balaban J connectivity index is 1.45. The number of anilines is 1. The number of ether oxygens (including phenoxy) is 2. The SMILES string of the molecule is CC(C)[C@H](C)C(=O)NC1S[C@]1(C)C(=O)Nc1ccc(COC(=O)Oc2ccc([N+](=O)[O-])cc2)cc1. The average molecular weight is 502 g/mol. The van der Waals surface area contributed by atoms with Gasteiger partial charge in [-0.3, -0.25) is 19.7 Å². The van der Waals surface area contributed by atoms with Crippen molar-refractivity contribution in [2.75, 3.05) is 5.32 Å². The number of nitrogens with one attached hydrogen (secondary N) is 2. The minimum Gasteiger partial charge on any atom is -0.429 e. The van der Waals surface area contributed by atoms with Crippen molar-refractivity contribution < 1.29 is 28.8 Å². The average Bonchev–Trinajstić information content (AvgIpc) is 3.48. The lowest BCUT2D eigenvalue weighted by Gasteiger charge is -2.16. The summed E-state index contributed by atoms with van der Waals surface area (Å²) in [6.45, 7) is 7.55. The lowest BCUT2D eigenvalue weighted by Crippen LogP contribution is -2.40. The molecule has 35 heavy (non-hydrogen) atoms. The van der Waals surface area contributed by atoms with Crippen LogP contribution >= 0.6 is 11.8 Å². The predicted molar refractivity (Wildman–Crippen MR) is 131 cm³/mol. The fraction of sp³-hybridized carbons (Fsp3) is 0.375. The number of benzene rings is 2. The van der Waals surface area contributed by atoms with Gasteiger partial charge in [0.05, 0.1) is 10.3 Å². The molecule has 3 atom stereocenters. The van der Waals surface area contributed by atoms with E-state index in [1.54, 1.807) is 31.2 Å². The van der Waals surface area contributed by atoms with E-state index in [-0.39, 0.29) is 47.1 Å². The minimum atomic E-state index is -0.949. The number of carbonyl (C=O) groups is 3. The molecule has 11 heteroatoms. The summed E-state index contributed by atoms with van der Waals surface area (Å²) in [6.07, 6.45) is -0.949. The topological polar surface area (TPSA) is 137 Å². The number of nitrogens with zero attached hydrogens (tertiary/aromatic N) is 1. The molecule has 2 aromatic carbocycles. The Morgan fingerprint density at radius 2 is 1.71 bits per heavy atom. The first-order chi connectivity index (χ1) is 16.5.